The zero-order valence-electron chi connectivity index (χ0n) is 9.46. The molecule has 0 aliphatic heterocycles. The average Bonchev–Trinajstić information content (AvgIpc) is 2.70. The number of aliphatic hydroxyl groups excluding tert-OH is 1. The highest BCUT2D eigenvalue weighted by Crippen LogP contribution is 2.50. The largest absolute Gasteiger partial charge is 0.388 e. The number of hydrogen-bond donors (Lipinski definition) is 1. The summed E-state index contributed by atoms with van der Waals surface area (Å²) in [7, 11) is -3.16. The second-order valence-electron chi connectivity index (χ2n) is 3.20. The lowest BCUT2D eigenvalue weighted by Gasteiger charge is -2.19. The van der Waals surface area contributed by atoms with Crippen molar-refractivity contribution >= 4 is 18.9 Å². The van der Waals surface area contributed by atoms with Crippen molar-refractivity contribution in [2.24, 2.45) is 0 Å². The summed E-state index contributed by atoms with van der Waals surface area (Å²) in [6.45, 7) is 4.13. The van der Waals surface area contributed by atoms with E-state index in [0.717, 1.165) is 5.56 Å². The number of thiophene rings is 1. The topological polar surface area (TPSA) is 55.8 Å². The van der Waals surface area contributed by atoms with Gasteiger partial charge in [-0.1, -0.05) is 0 Å². The normalized spacial score (nSPS) is 13.9. The predicted molar refractivity (Wildman–Crippen MR) is 65.0 cm³/mol. The van der Waals surface area contributed by atoms with E-state index in [1.165, 1.54) is 11.3 Å². The van der Waals surface area contributed by atoms with Gasteiger partial charge in [0.1, 0.15) is 0 Å². The van der Waals surface area contributed by atoms with Crippen LogP contribution in [-0.2, 0) is 13.6 Å². The first kappa shape index (κ1) is 13.9. The molecule has 0 spiro atoms. The van der Waals surface area contributed by atoms with E-state index in [0.29, 0.717) is 13.2 Å². The van der Waals surface area contributed by atoms with E-state index in [4.69, 9.17) is 9.05 Å². The average molecular weight is 264 g/mol. The van der Waals surface area contributed by atoms with Crippen LogP contribution in [0.15, 0.2) is 16.8 Å². The summed E-state index contributed by atoms with van der Waals surface area (Å²) >= 11 is 1.49. The fraction of sp³-hybridized carbons (Fsp3) is 0.600. The first-order chi connectivity index (χ1) is 7.61. The van der Waals surface area contributed by atoms with E-state index in [-0.39, 0.29) is 6.16 Å². The molecule has 92 valence electrons. The first-order valence-electron chi connectivity index (χ1n) is 5.19. The van der Waals surface area contributed by atoms with Gasteiger partial charge in [-0.05, 0) is 36.2 Å². The molecule has 0 aliphatic carbocycles. The van der Waals surface area contributed by atoms with Crippen molar-refractivity contribution in [3.05, 3.63) is 22.4 Å². The maximum atomic E-state index is 12.1. The highest BCUT2D eigenvalue weighted by molar-refractivity contribution is 7.53. The Morgan fingerprint density at radius 2 is 2.06 bits per heavy atom. The van der Waals surface area contributed by atoms with Crippen LogP contribution in [0.3, 0.4) is 0 Å². The Bertz CT molecular complexity index is 329. The summed E-state index contributed by atoms with van der Waals surface area (Å²) in [6.07, 6.45) is -0.791. The zero-order chi connectivity index (χ0) is 12.0. The Morgan fingerprint density at radius 1 is 1.44 bits per heavy atom. The van der Waals surface area contributed by atoms with E-state index in [9.17, 15) is 9.67 Å². The van der Waals surface area contributed by atoms with Crippen molar-refractivity contribution < 1.29 is 18.7 Å². The molecule has 6 heteroatoms. The third-order valence-electron chi connectivity index (χ3n) is 1.98. The second-order valence-corrected chi connectivity index (χ2v) is 6.08. The standard InChI is InChI=1S/C10H17O4PS/c1-3-13-15(12,14-4-2)7-10(11)9-5-6-16-8-9/h5-6,8,10-11H,3-4,7H2,1-2H3/t10-/m1/s1. The van der Waals surface area contributed by atoms with E-state index < -0.39 is 13.7 Å². The molecule has 0 unspecified atom stereocenters. The van der Waals surface area contributed by atoms with Crippen LogP contribution in [0.2, 0.25) is 0 Å². The first-order valence-corrected chi connectivity index (χ1v) is 7.86. The molecule has 1 atom stereocenters. The van der Waals surface area contributed by atoms with Crippen molar-refractivity contribution in [1.82, 2.24) is 0 Å². The van der Waals surface area contributed by atoms with Gasteiger partial charge in [0, 0.05) is 0 Å². The molecule has 1 heterocycles. The molecule has 0 saturated carbocycles. The Morgan fingerprint density at radius 3 is 2.50 bits per heavy atom. The summed E-state index contributed by atoms with van der Waals surface area (Å²) in [5.74, 6) is 0. The van der Waals surface area contributed by atoms with Gasteiger partial charge in [0.15, 0.2) is 0 Å². The maximum Gasteiger partial charge on any atom is 0.333 e. The summed E-state index contributed by atoms with van der Waals surface area (Å²) in [5, 5.41) is 13.6. The van der Waals surface area contributed by atoms with Crippen LogP contribution in [0.4, 0.5) is 0 Å². The summed E-state index contributed by atoms with van der Waals surface area (Å²) in [5.41, 5.74) is 0.754. The van der Waals surface area contributed by atoms with Gasteiger partial charge in [-0.2, -0.15) is 11.3 Å². The van der Waals surface area contributed by atoms with Crippen LogP contribution in [0.25, 0.3) is 0 Å². The summed E-state index contributed by atoms with van der Waals surface area (Å²) < 4.78 is 22.3. The van der Waals surface area contributed by atoms with E-state index >= 15 is 0 Å². The second kappa shape index (κ2) is 6.52. The Hall–Kier alpha value is -0.190. The Kier molecular flexibility index (Phi) is 5.66. The quantitative estimate of drug-likeness (QED) is 0.769. The summed E-state index contributed by atoms with van der Waals surface area (Å²) in [6, 6.07) is 1.80. The smallest absolute Gasteiger partial charge is 0.333 e. The number of hydrogen-bond acceptors (Lipinski definition) is 5. The van der Waals surface area contributed by atoms with Crippen molar-refractivity contribution in [3.63, 3.8) is 0 Å². The molecule has 0 fully saturated rings. The molecule has 1 aromatic rings. The molecule has 16 heavy (non-hydrogen) atoms. The molecular formula is C10H17O4PS. The fourth-order valence-corrected chi connectivity index (χ4v) is 3.73. The molecule has 0 amide bonds. The zero-order valence-corrected chi connectivity index (χ0v) is 11.2. The minimum atomic E-state index is -3.16. The van der Waals surface area contributed by atoms with Gasteiger partial charge in [0.2, 0.25) is 0 Å². The minimum absolute atomic E-state index is 0.00537. The van der Waals surface area contributed by atoms with Crippen LogP contribution >= 0.6 is 18.9 Å². The van der Waals surface area contributed by atoms with E-state index in [1.807, 2.05) is 10.8 Å². The summed E-state index contributed by atoms with van der Waals surface area (Å²) in [4.78, 5) is 0. The molecule has 0 aliphatic rings. The lowest BCUT2D eigenvalue weighted by Crippen LogP contribution is -2.08. The molecule has 0 aromatic carbocycles. The van der Waals surface area contributed by atoms with Gasteiger partial charge in [0.25, 0.3) is 0 Å². The van der Waals surface area contributed by atoms with Gasteiger partial charge in [-0.15, -0.1) is 0 Å². The van der Waals surface area contributed by atoms with Gasteiger partial charge < -0.3 is 14.2 Å². The maximum absolute atomic E-state index is 12.1. The Balaban J connectivity index is 2.64. The third-order valence-corrected chi connectivity index (χ3v) is 4.77. The Labute approximate surface area is 99.7 Å². The van der Waals surface area contributed by atoms with E-state index in [1.54, 1.807) is 19.9 Å². The van der Waals surface area contributed by atoms with Crippen molar-refractivity contribution in [1.29, 1.82) is 0 Å². The van der Waals surface area contributed by atoms with E-state index in [2.05, 4.69) is 0 Å². The molecule has 0 bridgehead atoms. The molecular weight excluding hydrogens is 247 g/mol. The van der Waals surface area contributed by atoms with Crippen LogP contribution < -0.4 is 0 Å². The van der Waals surface area contributed by atoms with Crippen molar-refractivity contribution in [2.75, 3.05) is 19.4 Å². The minimum Gasteiger partial charge on any atom is -0.388 e. The monoisotopic (exact) mass is 264 g/mol. The van der Waals surface area contributed by atoms with Gasteiger partial charge in [-0.25, -0.2) is 0 Å². The molecule has 0 radical (unpaired) electrons. The molecule has 1 N–H and O–H groups in total. The van der Waals surface area contributed by atoms with Crippen LogP contribution in [0, 0.1) is 0 Å². The molecule has 1 aromatic heterocycles. The third kappa shape index (κ3) is 4.00. The fourth-order valence-electron chi connectivity index (χ4n) is 1.32. The van der Waals surface area contributed by atoms with Gasteiger partial charge in [0.05, 0.1) is 25.5 Å². The molecule has 0 saturated heterocycles. The van der Waals surface area contributed by atoms with Crippen LogP contribution in [0.1, 0.15) is 25.5 Å². The highest BCUT2D eigenvalue weighted by Gasteiger charge is 2.28. The number of aliphatic hydroxyl groups is 1. The van der Waals surface area contributed by atoms with Gasteiger partial charge >= 0.3 is 7.60 Å². The van der Waals surface area contributed by atoms with Crippen molar-refractivity contribution in [2.45, 2.75) is 20.0 Å². The molecule has 1 rings (SSSR count). The lowest BCUT2D eigenvalue weighted by molar-refractivity contribution is 0.171. The predicted octanol–water partition coefficient (Wildman–Crippen LogP) is 3.05. The van der Waals surface area contributed by atoms with Gasteiger partial charge in [-0.3, -0.25) is 4.57 Å². The lowest BCUT2D eigenvalue weighted by atomic mass is 10.2. The van der Waals surface area contributed by atoms with Crippen molar-refractivity contribution in [3.8, 4) is 0 Å². The SMILES string of the molecule is CCOP(=O)(C[C@@H](O)c1ccsc1)OCC. The highest BCUT2D eigenvalue weighted by atomic mass is 32.1. The number of rotatable bonds is 7. The molecule has 4 nitrogen and oxygen atoms in total. The van der Waals surface area contributed by atoms with Crippen LogP contribution in [-0.4, -0.2) is 24.5 Å². The van der Waals surface area contributed by atoms with Crippen LogP contribution in [0.5, 0.6) is 0 Å².